The first-order chi connectivity index (χ1) is 29.5. The van der Waals surface area contributed by atoms with E-state index in [2.05, 4.69) is 37.1 Å². The summed E-state index contributed by atoms with van der Waals surface area (Å²) in [7, 11) is -0.0722. The largest absolute Gasteiger partial charge is 0.394 e. The highest BCUT2D eigenvalue weighted by Crippen LogP contribution is 2.02. The third kappa shape index (κ3) is 20.9. The van der Waals surface area contributed by atoms with Gasteiger partial charge in [-0.25, -0.2) is 0 Å². The summed E-state index contributed by atoms with van der Waals surface area (Å²) in [5, 5.41) is 55.5. The second-order valence-electron chi connectivity index (χ2n) is 14.7. The molecule has 0 saturated heterocycles. The van der Waals surface area contributed by atoms with Crippen LogP contribution in [-0.2, 0) is 52.7 Å². The molecule has 10 atom stereocenters. The Morgan fingerprint density at radius 3 is 1.03 bits per heavy atom. The average Bonchev–Trinajstić information content (AvgIpc) is 3.28. The molecule has 63 heavy (non-hydrogen) atoms. The highest BCUT2D eigenvalue weighted by Gasteiger charge is 2.37. The molecule has 0 heterocycles. The third-order valence-corrected chi connectivity index (χ3v) is 9.52. The molecule has 0 fully saturated rings. The van der Waals surface area contributed by atoms with E-state index in [1.165, 1.54) is 20.8 Å². The van der Waals surface area contributed by atoms with Crippen LogP contribution < -0.4 is 60.1 Å². The van der Waals surface area contributed by atoms with Gasteiger partial charge in [-0.1, -0.05) is 0 Å². The SMILES string of the molecule is CC(NCC(=O)BN[C@@H](C)C=O)C(=O)CNC(C)C(=O)CNC(C)C(=O)CNC(C(=O)CNC(C(=O)CNC(C(=O)[C@@H](N)CO)C(=O)[C@@H](N)CO)C(=O)[C@@H](N)CO)C(=O)[C@@H](N)CO. The molecule has 0 rings (SSSR count). The molecule has 0 amide bonds. The fraction of sp³-hybridized carbons (Fsp3) is 0.694. The number of aliphatic hydroxyl groups is 4. The first kappa shape index (κ1) is 58.8. The van der Waals surface area contributed by atoms with Gasteiger partial charge in [0.25, 0.3) is 7.41 Å². The van der Waals surface area contributed by atoms with Crippen LogP contribution in [0.4, 0.5) is 0 Å². The van der Waals surface area contributed by atoms with Crippen LogP contribution in [0.15, 0.2) is 0 Å². The summed E-state index contributed by atoms with van der Waals surface area (Å²) in [5.74, 6) is -8.20. The summed E-state index contributed by atoms with van der Waals surface area (Å²) in [6.07, 6.45) is 0.642. The topological polar surface area (TPSA) is 457 Å². The Bertz CT molecular complexity index is 1590. The Hall–Kier alpha value is -4.17. The number of Topliss-reactive ketones (excluding diaryl/α,β-unsaturated/α-hetero) is 9. The molecule has 0 bridgehead atoms. The molecule has 26 nitrogen and oxygen atoms in total. The predicted octanol–water partition coefficient (Wildman–Crippen LogP) is -11.7. The number of ketones is 9. The van der Waals surface area contributed by atoms with Crippen molar-refractivity contribution in [2.45, 2.75) is 94.2 Å². The quantitative estimate of drug-likeness (QED) is 0.0155. The summed E-state index contributed by atoms with van der Waals surface area (Å²) in [6.45, 7) is -1.07. The number of aliphatic hydroxyl groups excluding tert-OH is 4. The third-order valence-electron chi connectivity index (χ3n) is 9.52. The summed E-state index contributed by atoms with van der Waals surface area (Å²) in [6, 6.07) is -15.6. The molecular weight excluding hydrogens is 837 g/mol. The van der Waals surface area contributed by atoms with Gasteiger partial charge in [-0.2, -0.15) is 0 Å². The van der Waals surface area contributed by atoms with Gasteiger partial charge in [0.05, 0.1) is 107 Å². The molecule has 27 heteroatoms. The zero-order valence-electron chi connectivity index (χ0n) is 35.8. The van der Waals surface area contributed by atoms with Gasteiger partial charge in [-0.05, 0) is 27.7 Å². The highest BCUT2D eigenvalue weighted by atomic mass is 16.3. The maximum absolute atomic E-state index is 13.4. The summed E-state index contributed by atoms with van der Waals surface area (Å²) >= 11 is 0. The first-order valence-corrected chi connectivity index (χ1v) is 19.9. The molecule has 356 valence electrons. The highest BCUT2D eigenvalue weighted by molar-refractivity contribution is 6.72. The number of carbonyl (C=O) groups excluding carboxylic acids is 11. The second-order valence-corrected chi connectivity index (χ2v) is 14.7. The van der Waals surface area contributed by atoms with Crippen LogP contribution in [0.1, 0.15) is 27.7 Å². The Morgan fingerprint density at radius 2 is 0.714 bits per heavy atom. The predicted molar refractivity (Wildman–Crippen MR) is 224 cm³/mol. The number of rotatable bonds is 39. The van der Waals surface area contributed by atoms with Gasteiger partial charge in [0, 0.05) is 6.54 Å². The van der Waals surface area contributed by atoms with Crippen LogP contribution in [-0.4, -0.2) is 224 Å². The first-order valence-electron chi connectivity index (χ1n) is 19.9. The van der Waals surface area contributed by atoms with Crippen molar-refractivity contribution in [1.29, 1.82) is 0 Å². The van der Waals surface area contributed by atoms with E-state index in [4.69, 9.17) is 22.9 Å². The molecule has 0 aromatic carbocycles. The smallest absolute Gasteiger partial charge is 0.285 e. The van der Waals surface area contributed by atoms with Gasteiger partial charge in [0.2, 0.25) is 0 Å². The number of carbonyl (C=O) groups is 11. The molecule has 0 aromatic heterocycles. The standard InChI is InChI=1S/C36H64BN11O15/c1-16(11-49)48-37-29(59)10-44-19(4)25(55)6-42-17(2)24(54)5-43-18(3)26(56)7-45-30(33(60)20(38)12-50)27(57)8-46-31(34(61)21(39)13-51)28(58)9-47-32(35(62)22(40)14-52)36(63)23(41)15-53/h11,16-23,30-32,37,42-48,50-53H,5-10,12-15,38-41H2,1-4H3/t16-,17?,18?,19?,20-,21-,22-,23-,30?,31?/m0/s1. The van der Waals surface area contributed by atoms with Crippen molar-refractivity contribution in [1.82, 2.24) is 37.1 Å². The van der Waals surface area contributed by atoms with Crippen molar-refractivity contribution in [3.63, 3.8) is 0 Å². The van der Waals surface area contributed by atoms with Crippen molar-refractivity contribution in [2.24, 2.45) is 22.9 Å². The Labute approximate surface area is 364 Å². The van der Waals surface area contributed by atoms with Crippen LogP contribution >= 0.6 is 0 Å². The Balaban J connectivity index is 5.62. The number of hydrogen-bond acceptors (Lipinski definition) is 26. The van der Waals surface area contributed by atoms with Crippen LogP contribution in [0.5, 0.6) is 0 Å². The molecule has 19 N–H and O–H groups in total. The number of nitrogens with two attached hydrogens (primary N) is 4. The van der Waals surface area contributed by atoms with Crippen molar-refractivity contribution in [3.05, 3.63) is 0 Å². The molecule has 0 spiro atoms. The lowest BCUT2D eigenvalue weighted by molar-refractivity contribution is -0.133. The molecule has 0 saturated carbocycles. The number of nitrogens with one attached hydrogen (secondary N) is 7. The molecule has 5 unspecified atom stereocenters. The van der Waals surface area contributed by atoms with Gasteiger partial charge in [-0.15, -0.1) is 0 Å². The van der Waals surface area contributed by atoms with Gasteiger partial charge in [-0.3, -0.25) is 59.1 Å². The maximum atomic E-state index is 13.4. The maximum Gasteiger partial charge on any atom is 0.285 e. The second kappa shape index (κ2) is 30.8. The fourth-order valence-electron chi connectivity index (χ4n) is 5.08. The van der Waals surface area contributed by atoms with E-state index in [0.717, 1.165) is 0 Å². The Morgan fingerprint density at radius 1 is 0.444 bits per heavy atom. The lowest BCUT2D eigenvalue weighted by Crippen LogP contribution is -2.61. The monoisotopic (exact) mass is 901 g/mol. The van der Waals surface area contributed by atoms with Gasteiger partial charge in [0.15, 0.2) is 52.0 Å². The van der Waals surface area contributed by atoms with E-state index in [0.29, 0.717) is 6.29 Å². The lowest BCUT2D eigenvalue weighted by Gasteiger charge is -2.24. The zero-order valence-corrected chi connectivity index (χ0v) is 35.8. The van der Waals surface area contributed by atoms with Crippen LogP contribution in [0.25, 0.3) is 0 Å². The van der Waals surface area contributed by atoms with Crippen molar-refractivity contribution < 1.29 is 73.2 Å². The van der Waals surface area contributed by atoms with E-state index in [1.54, 1.807) is 6.92 Å². The Kier molecular flexibility index (Phi) is 28.8. The summed E-state index contributed by atoms with van der Waals surface area (Å²) in [5.41, 5.74) is 22.1. The normalized spacial score (nSPS) is 16.3. The van der Waals surface area contributed by atoms with Crippen molar-refractivity contribution >= 4 is 71.4 Å². The van der Waals surface area contributed by atoms with E-state index in [-0.39, 0.29) is 38.5 Å². The van der Waals surface area contributed by atoms with Crippen LogP contribution in [0, 0.1) is 0 Å². The van der Waals surface area contributed by atoms with E-state index in [9.17, 15) is 73.2 Å². The summed E-state index contributed by atoms with van der Waals surface area (Å²) < 4.78 is 0. The molecule has 0 aliphatic carbocycles. The van der Waals surface area contributed by atoms with Crippen molar-refractivity contribution in [2.75, 3.05) is 65.7 Å². The molecule has 0 aliphatic rings. The molecule has 0 aromatic rings. The summed E-state index contributed by atoms with van der Waals surface area (Å²) in [4.78, 5) is 139. The van der Waals surface area contributed by atoms with E-state index < -0.39 is 159 Å². The van der Waals surface area contributed by atoms with Crippen LogP contribution in [0.3, 0.4) is 0 Å². The van der Waals surface area contributed by atoms with E-state index >= 15 is 0 Å². The number of hydrogen-bond donors (Lipinski definition) is 15. The van der Waals surface area contributed by atoms with E-state index in [1.807, 2.05) is 0 Å². The minimum absolute atomic E-state index is 0.0722. The molecule has 0 radical (unpaired) electrons. The zero-order chi connectivity index (χ0) is 48.6. The molecule has 0 aliphatic heterocycles. The number of aldehydes is 1. The van der Waals surface area contributed by atoms with Gasteiger partial charge < -0.3 is 74.1 Å². The minimum Gasteiger partial charge on any atom is -0.394 e. The molecular formula is C36H64BN11O15. The van der Waals surface area contributed by atoms with Gasteiger partial charge in [0.1, 0.15) is 30.1 Å². The minimum atomic E-state index is -2.02. The average molecular weight is 902 g/mol. The fourth-order valence-corrected chi connectivity index (χ4v) is 5.08. The van der Waals surface area contributed by atoms with Crippen molar-refractivity contribution in [3.8, 4) is 0 Å². The van der Waals surface area contributed by atoms with Crippen LogP contribution in [0.2, 0.25) is 0 Å². The lowest BCUT2D eigenvalue weighted by atomic mass is 9.86. The van der Waals surface area contributed by atoms with Gasteiger partial charge >= 0.3 is 0 Å².